The summed E-state index contributed by atoms with van der Waals surface area (Å²) < 4.78 is 60.4. The fraction of sp³-hybridized carbons (Fsp3) is 0.923. The molecule has 8 heteroatoms. The van der Waals surface area contributed by atoms with Crippen LogP contribution in [-0.2, 0) is 14.6 Å². The van der Waals surface area contributed by atoms with E-state index in [0.717, 1.165) is 0 Å². The molecule has 0 N–H and O–H groups in total. The molecule has 1 aliphatic heterocycles. The Kier molecular flexibility index (Phi) is 6.07. The molecule has 0 radical (unpaired) electrons. The highest BCUT2D eigenvalue weighted by atomic mass is 32.2. The summed E-state index contributed by atoms with van der Waals surface area (Å²) >= 11 is 0. The molecule has 0 aromatic rings. The van der Waals surface area contributed by atoms with Gasteiger partial charge in [-0.1, -0.05) is 13.8 Å². The van der Waals surface area contributed by atoms with Crippen LogP contribution < -0.4 is 0 Å². The molecular weight excluding hydrogens is 307 g/mol. The molecule has 1 aliphatic rings. The smallest absolute Gasteiger partial charge is 0.343 e. The molecule has 0 aliphatic carbocycles. The molecule has 1 fully saturated rings. The molecule has 1 rings (SSSR count). The zero-order chi connectivity index (χ0) is 16.3. The number of halogens is 3. The third-order valence-electron chi connectivity index (χ3n) is 3.49. The van der Waals surface area contributed by atoms with E-state index in [2.05, 4.69) is 0 Å². The van der Waals surface area contributed by atoms with Crippen LogP contribution >= 0.6 is 0 Å². The molecule has 0 unspecified atom stereocenters. The van der Waals surface area contributed by atoms with Gasteiger partial charge in [-0.15, -0.1) is 0 Å². The molecule has 0 aromatic carbocycles. The first-order valence-corrected chi connectivity index (χ1v) is 8.79. The van der Waals surface area contributed by atoms with Crippen molar-refractivity contribution in [3.63, 3.8) is 0 Å². The van der Waals surface area contributed by atoms with Crippen LogP contribution in [0.2, 0.25) is 0 Å². The van der Waals surface area contributed by atoms with E-state index in [0.29, 0.717) is 12.8 Å². The summed E-state index contributed by atoms with van der Waals surface area (Å²) in [4.78, 5) is 13.0. The predicted molar refractivity (Wildman–Crippen MR) is 73.5 cm³/mol. The van der Waals surface area contributed by atoms with Crippen molar-refractivity contribution in [2.45, 2.75) is 51.0 Å². The Morgan fingerprint density at radius 1 is 1.24 bits per heavy atom. The van der Waals surface area contributed by atoms with E-state index in [9.17, 15) is 26.4 Å². The summed E-state index contributed by atoms with van der Waals surface area (Å²) in [5.41, 5.74) is 0. The van der Waals surface area contributed by atoms with E-state index in [-0.39, 0.29) is 24.8 Å². The Morgan fingerprint density at radius 2 is 1.76 bits per heavy atom. The standard InChI is InChI=1S/C13H22F3NO3S/c1-10(2)9-21(19,20)11-4-7-17(8-5-11)12(18)3-6-13(14,15)16/h10-11H,3-9H2,1-2H3. The van der Waals surface area contributed by atoms with Gasteiger partial charge in [0.25, 0.3) is 0 Å². The molecule has 1 saturated heterocycles. The Labute approximate surface area is 123 Å². The monoisotopic (exact) mass is 329 g/mol. The van der Waals surface area contributed by atoms with Crippen molar-refractivity contribution < 1.29 is 26.4 Å². The molecule has 0 saturated carbocycles. The van der Waals surface area contributed by atoms with Crippen LogP contribution in [-0.4, -0.2) is 49.5 Å². The molecule has 0 atom stereocenters. The van der Waals surface area contributed by atoms with Crippen molar-refractivity contribution in [3.05, 3.63) is 0 Å². The number of hydrogen-bond donors (Lipinski definition) is 0. The summed E-state index contributed by atoms with van der Waals surface area (Å²) in [7, 11) is -3.19. The summed E-state index contributed by atoms with van der Waals surface area (Å²) in [6, 6.07) is 0. The third-order valence-corrected chi connectivity index (χ3v) is 6.11. The number of alkyl halides is 3. The van der Waals surface area contributed by atoms with Gasteiger partial charge in [-0.2, -0.15) is 13.2 Å². The predicted octanol–water partition coefficient (Wildman–Crippen LogP) is 2.39. The molecular formula is C13H22F3NO3S. The van der Waals surface area contributed by atoms with E-state index in [4.69, 9.17) is 0 Å². The first kappa shape index (κ1) is 18.3. The number of hydrogen-bond acceptors (Lipinski definition) is 3. The molecule has 0 aromatic heterocycles. The minimum absolute atomic E-state index is 0.0430. The van der Waals surface area contributed by atoms with Gasteiger partial charge in [-0.25, -0.2) is 8.42 Å². The zero-order valence-electron chi connectivity index (χ0n) is 12.3. The first-order valence-electron chi connectivity index (χ1n) is 7.07. The van der Waals surface area contributed by atoms with Crippen molar-refractivity contribution in [3.8, 4) is 0 Å². The Hall–Kier alpha value is -0.790. The van der Waals surface area contributed by atoms with Crippen LogP contribution in [0.15, 0.2) is 0 Å². The fourth-order valence-corrected chi connectivity index (χ4v) is 4.60. The third kappa shape index (κ3) is 6.23. The number of sulfone groups is 1. The minimum atomic E-state index is -4.34. The minimum Gasteiger partial charge on any atom is -0.343 e. The number of rotatable bonds is 5. The summed E-state index contributed by atoms with van der Waals surface area (Å²) in [5, 5.41) is -0.480. The zero-order valence-corrected chi connectivity index (χ0v) is 13.1. The molecule has 1 amide bonds. The number of nitrogens with zero attached hydrogens (tertiary/aromatic N) is 1. The highest BCUT2D eigenvalue weighted by molar-refractivity contribution is 7.92. The van der Waals surface area contributed by atoms with Crippen molar-refractivity contribution >= 4 is 15.7 Å². The fourth-order valence-electron chi connectivity index (χ4n) is 2.47. The molecule has 21 heavy (non-hydrogen) atoms. The topological polar surface area (TPSA) is 54.5 Å². The van der Waals surface area contributed by atoms with Gasteiger partial charge in [0.15, 0.2) is 9.84 Å². The highest BCUT2D eigenvalue weighted by Crippen LogP contribution is 2.24. The number of carbonyl (C=O) groups is 1. The van der Waals surface area contributed by atoms with Gasteiger partial charge in [0.2, 0.25) is 5.91 Å². The lowest BCUT2D eigenvalue weighted by molar-refractivity contribution is -0.149. The first-order chi connectivity index (χ1) is 9.51. The van der Waals surface area contributed by atoms with Crippen molar-refractivity contribution in [1.29, 1.82) is 0 Å². The molecule has 0 bridgehead atoms. The van der Waals surface area contributed by atoms with Crippen LogP contribution in [0, 0.1) is 5.92 Å². The second-order valence-electron chi connectivity index (χ2n) is 5.92. The summed E-state index contributed by atoms with van der Waals surface area (Å²) in [5.74, 6) is -0.395. The van der Waals surface area contributed by atoms with Crippen molar-refractivity contribution in [2.75, 3.05) is 18.8 Å². The Balaban J connectivity index is 2.47. The maximum atomic E-state index is 12.1. The number of amides is 1. The molecule has 4 nitrogen and oxygen atoms in total. The molecule has 124 valence electrons. The van der Waals surface area contributed by atoms with Gasteiger partial charge in [-0.3, -0.25) is 4.79 Å². The van der Waals surface area contributed by atoms with Crippen LogP contribution in [0.25, 0.3) is 0 Å². The maximum Gasteiger partial charge on any atom is 0.389 e. The maximum absolute atomic E-state index is 12.1. The Morgan fingerprint density at radius 3 is 2.19 bits per heavy atom. The van der Waals surface area contributed by atoms with Gasteiger partial charge in [0, 0.05) is 19.5 Å². The van der Waals surface area contributed by atoms with E-state index in [1.165, 1.54) is 4.90 Å². The van der Waals surface area contributed by atoms with Gasteiger partial charge in [0.1, 0.15) is 0 Å². The van der Waals surface area contributed by atoms with Crippen LogP contribution in [0.1, 0.15) is 39.5 Å². The molecule has 0 spiro atoms. The molecule has 1 heterocycles. The van der Waals surface area contributed by atoms with E-state index in [1.807, 2.05) is 13.8 Å². The number of carbonyl (C=O) groups excluding carboxylic acids is 1. The average molecular weight is 329 g/mol. The van der Waals surface area contributed by atoms with Crippen LogP contribution in [0.5, 0.6) is 0 Å². The lowest BCUT2D eigenvalue weighted by Gasteiger charge is -2.32. The second kappa shape index (κ2) is 6.98. The largest absolute Gasteiger partial charge is 0.389 e. The summed E-state index contributed by atoms with van der Waals surface area (Å²) in [6.45, 7) is 4.10. The van der Waals surface area contributed by atoms with Gasteiger partial charge in [-0.05, 0) is 18.8 Å². The second-order valence-corrected chi connectivity index (χ2v) is 8.24. The highest BCUT2D eigenvalue weighted by Gasteiger charge is 2.33. The van der Waals surface area contributed by atoms with Crippen molar-refractivity contribution in [2.24, 2.45) is 5.92 Å². The van der Waals surface area contributed by atoms with E-state index < -0.39 is 40.0 Å². The number of likely N-dealkylation sites (tertiary alicyclic amines) is 1. The Bertz CT molecular complexity index is 452. The quantitative estimate of drug-likeness (QED) is 0.778. The normalized spacial score (nSPS) is 18.3. The SMILES string of the molecule is CC(C)CS(=O)(=O)C1CCN(C(=O)CCC(F)(F)F)CC1. The van der Waals surface area contributed by atoms with E-state index in [1.54, 1.807) is 0 Å². The lowest BCUT2D eigenvalue weighted by Crippen LogP contribution is -2.43. The van der Waals surface area contributed by atoms with Crippen LogP contribution in [0.3, 0.4) is 0 Å². The van der Waals surface area contributed by atoms with Crippen LogP contribution in [0.4, 0.5) is 13.2 Å². The lowest BCUT2D eigenvalue weighted by atomic mass is 10.1. The van der Waals surface area contributed by atoms with Gasteiger partial charge in [0.05, 0.1) is 17.4 Å². The van der Waals surface area contributed by atoms with Crippen molar-refractivity contribution in [1.82, 2.24) is 4.90 Å². The van der Waals surface area contributed by atoms with E-state index >= 15 is 0 Å². The average Bonchev–Trinajstić information content (AvgIpc) is 2.33. The summed E-state index contributed by atoms with van der Waals surface area (Å²) in [6.07, 6.45) is -5.40. The van der Waals surface area contributed by atoms with Gasteiger partial charge < -0.3 is 4.90 Å². The van der Waals surface area contributed by atoms with Gasteiger partial charge >= 0.3 is 6.18 Å². The number of piperidine rings is 1.